The van der Waals surface area contributed by atoms with Crippen molar-refractivity contribution in [2.75, 3.05) is 32.7 Å². The first-order chi connectivity index (χ1) is 17.2. The summed E-state index contributed by atoms with van der Waals surface area (Å²) in [5, 5.41) is 10.5. The summed E-state index contributed by atoms with van der Waals surface area (Å²) in [6.45, 7) is 0.153. The van der Waals surface area contributed by atoms with Gasteiger partial charge in [-0.25, -0.2) is 0 Å². The molecule has 11 heteroatoms. The number of benzene rings is 2. The summed E-state index contributed by atoms with van der Waals surface area (Å²) >= 11 is 0. The van der Waals surface area contributed by atoms with E-state index in [0.717, 1.165) is 17.7 Å². The monoisotopic (exact) mass is 497 g/mol. The normalized spacial score (nSPS) is 13.9. The van der Waals surface area contributed by atoms with Crippen LogP contribution in [0.1, 0.15) is 26.4 Å². The van der Waals surface area contributed by atoms with Crippen LogP contribution < -0.4 is 5.32 Å². The molecule has 1 N–H and O–H groups in total. The minimum Gasteiger partial charge on any atom is -0.342 e. The van der Waals surface area contributed by atoms with E-state index in [1.165, 1.54) is 28.0 Å². The zero-order chi connectivity index (χ0) is 25.7. The van der Waals surface area contributed by atoms with Crippen LogP contribution in [-0.4, -0.2) is 70.4 Å². The maximum absolute atomic E-state index is 13.2. The molecule has 1 aromatic heterocycles. The van der Waals surface area contributed by atoms with Gasteiger partial charge < -0.3 is 15.1 Å². The van der Waals surface area contributed by atoms with E-state index in [2.05, 4.69) is 15.5 Å². The minimum atomic E-state index is -4.64. The van der Waals surface area contributed by atoms with Crippen molar-refractivity contribution in [3.63, 3.8) is 0 Å². The van der Waals surface area contributed by atoms with Crippen LogP contribution in [0.3, 0.4) is 0 Å². The average Bonchev–Trinajstić information content (AvgIpc) is 2.91. The van der Waals surface area contributed by atoms with Gasteiger partial charge in [0.2, 0.25) is 5.91 Å². The van der Waals surface area contributed by atoms with E-state index >= 15 is 0 Å². The third kappa shape index (κ3) is 5.68. The number of piperazine rings is 1. The van der Waals surface area contributed by atoms with Crippen molar-refractivity contribution in [1.29, 1.82) is 0 Å². The van der Waals surface area contributed by atoms with Crippen LogP contribution in [-0.2, 0) is 11.0 Å². The van der Waals surface area contributed by atoms with E-state index < -0.39 is 29.1 Å². The molecule has 8 nitrogen and oxygen atoms in total. The first kappa shape index (κ1) is 24.8. The molecular formula is C25H22F3N5O3. The molecule has 1 aliphatic heterocycles. The van der Waals surface area contributed by atoms with Crippen LogP contribution in [0.2, 0.25) is 0 Å². The van der Waals surface area contributed by atoms with Gasteiger partial charge in [-0.2, -0.15) is 13.2 Å². The summed E-state index contributed by atoms with van der Waals surface area (Å²) in [5.74, 6) is -1.67. The van der Waals surface area contributed by atoms with Crippen molar-refractivity contribution in [3.05, 3.63) is 83.6 Å². The Morgan fingerprint density at radius 3 is 2.08 bits per heavy atom. The number of aromatic nitrogens is 2. The zero-order valence-corrected chi connectivity index (χ0v) is 19.0. The fourth-order valence-electron chi connectivity index (χ4n) is 3.82. The Hall–Kier alpha value is -4.28. The summed E-state index contributed by atoms with van der Waals surface area (Å²) in [6.07, 6.45) is -4.64. The number of hydrogen-bond acceptors (Lipinski definition) is 5. The van der Waals surface area contributed by atoms with Gasteiger partial charge in [0.15, 0.2) is 5.69 Å². The molecule has 4 rings (SSSR count). The average molecular weight is 497 g/mol. The Labute approximate surface area is 204 Å². The Morgan fingerprint density at radius 1 is 0.806 bits per heavy atom. The second-order valence-electron chi connectivity index (χ2n) is 8.07. The van der Waals surface area contributed by atoms with E-state index in [1.807, 2.05) is 30.3 Å². The number of carbonyl (C=O) groups excluding carboxylic acids is 3. The molecule has 2 heterocycles. The molecule has 3 aromatic rings. The summed E-state index contributed by atoms with van der Waals surface area (Å²) in [5.41, 5.74) is 0.105. The lowest BCUT2D eigenvalue weighted by Crippen LogP contribution is -2.52. The van der Waals surface area contributed by atoms with Crippen LogP contribution in [0.15, 0.2) is 66.7 Å². The third-order valence-corrected chi connectivity index (χ3v) is 5.75. The quantitative estimate of drug-likeness (QED) is 0.585. The van der Waals surface area contributed by atoms with Crippen molar-refractivity contribution in [1.82, 2.24) is 25.3 Å². The van der Waals surface area contributed by atoms with Gasteiger partial charge in [-0.15, -0.1) is 10.2 Å². The predicted molar refractivity (Wildman–Crippen MR) is 124 cm³/mol. The highest BCUT2D eigenvalue weighted by Gasteiger charge is 2.36. The van der Waals surface area contributed by atoms with Gasteiger partial charge in [0, 0.05) is 31.7 Å². The van der Waals surface area contributed by atoms with Crippen LogP contribution in [0.25, 0.3) is 11.3 Å². The Morgan fingerprint density at radius 2 is 1.44 bits per heavy atom. The molecule has 1 saturated heterocycles. The SMILES string of the molecule is O=C(NCC(=O)N1CCN(C(=O)c2ccccc2C(F)(F)F)CC1)c1ccc(-c2ccccc2)nn1. The largest absolute Gasteiger partial charge is 0.417 e. The number of halogens is 3. The van der Waals surface area contributed by atoms with Crippen molar-refractivity contribution in [2.45, 2.75) is 6.18 Å². The molecule has 3 amide bonds. The minimum absolute atomic E-state index is 0.0567. The maximum atomic E-state index is 13.2. The predicted octanol–water partition coefficient (Wildman–Crippen LogP) is 2.88. The van der Waals surface area contributed by atoms with Gasteiger partial charge >= 0.3 is 6.18 Å². The maximum Gasteiger partial charge on any atom is 0.417 e. The van der Waals surface area contributed by atoms with Crippen LogP contribution >= 0.6 is 0 Å². The molecule has 0 unspecified atom stereocenters. The number of alkyl halides is 3. The van der Waals surface area contributed by atoms with E-state index in [0.29, 0.717) is 5.69 Å². The van der Waals surface area contributed by atoms with E-state index in [1.54, 1.807) is 6.07 Å². The number of carbonyl (C=O) groups is 3. The van der Waals surface area contributed by atoms with E-state index in [-0.39, 0.29) is 44.3 Å². The molecule has 0 saturated carbocycles. The van der Waals surface area contributed by atoms with E-state index in [4.69, 9.17) is 0 Å². The standard InChI is InChI=1S/C25H22F3N5O3/c26-25(27,28)19-9-5-4-8-18(19)24(36)33-14-12-32(13-15-33)22(34)16-29-23(35)21-11-10-20(30-31-21)17-6-2-1-3-7-17/h1-11H,12-16H2,(H,29,35). The second kappa shape index (κ2) is 10.5. The fourth-order valence-corrected chi connectivity index (χ4v) is 3.82. The summed E-state index contributed by atoms with van der Waals surface area (Å²) < 4.78 is 39.7. The molecule has 1 fully saturated rings. The van der Waals surface area contributed by atoms with Crippen molar-refractivity contribution in [3.8, 4) is 11.3 Å². The van der Waals surface area contributed by atoms with Gasteiger partial charge in [-0.1, -0.05) is 42.5 Å². The highest BCUT2D eigenvalue weighted by atomic mass is 19.4. The second-order valence-corrected chi connectivity index (χ2v) is 8.07. The Balaban J connectivity index is 1.28. The highest BCUT2D eigenvalue weighted by Crippen LogP contribution is 2.32. The van der Waals surface area contributed by atoms with Crippen molar-refractivity contribution < 1.29 is 27.6 Å². The summed E-state index contributed by atoms with van der Waals surface area (Å²) in [7, 11) is 0. The van der Waals surface area contributed by atoms with Crippen LogP contribution in [0.5, 0.6) is 0 Å². The third-order valence-electron chi connectivity index (χ3n) is 5.75. The van der Waals surface area contributed by atoms with Crippen molar-refractivity contribution >= 4 is 17.7 Å². The Bertz CT molecular complexity index is 1240. The summed E-state index contributed by atoms with van der Waals surface area (Å²) in [6, 6.07) is 17.1. The highest BCUT2D eigenvalue weighted by molar-refractivity contribution is 5.96. The lowest BCUT2D eigenvalue weighted by atomic mass is 10.1. The topological polar surface area (TPSA) is 95.5 Å². The first-order valence-corrected chi connectivity index (χ1v) is 11.1. The number of nitrogens with one attached hydrogen (secondary N) is 1. The lowest BCUT2D eigenvalue weighted by molar-refractivity contribution is -0.138. The first-order valence-electron chi connectivity index (χ1n) is 11.1. The van der Waals surface area contributed by atoms with Crippen LogP contribution in [0, 0.1) is 0 Å². The Kier molecular flexibility index (Phi) is 7.28. The molecule has 1 aliphatic rings. The molecule has 0 bridgehead atoms. The number of rotatable bonds is 5. The molecule has 36 heavy (non-hydrogen) atoms. The lowest BCUT2D eigenvalue weighted by Gasteiger charge is -2.35. The van der Waals surface area contributed by atoms with Gasteiger partial charge in [0.1, 0.15) is 0 Å². The van der Waals surface area contributed by atoms with Gasteiger partial charge in [-0.05, 0) is 24.3 Å². The summed E-state index contributed by atoms with van der Waals surface area (Å²) in [4.78, 5) is 40.3. The van der Waals surface area contributed by atoms with E-state index in [9.17, 15) is 27.6 Å². The zero-order valence-electron chi connectivity index (χ0n) is 19.0. The number of hydrogen-bond donors (Lipinski definition) is 1. The molecule has 186 valence electrons. The molecular weight excluding hydrogens is 475 g/mol. The molecule has 0 radical (unpaired) electrons. The van der Waals surface area contributed by atoms with Gasteiger partial charge in [-0.3, -0.25) is 14.4 Å². The van der Waals surface area contributed by atoms with Crippen LogP contribution in [0.4, 0.5) is 13.2 Å². The number of amides is 3. The molecule has 0 atom stereocenters. The molecule has 0 aliphatic carbocycles. The van der Waals surface area contributed by atoms with Crippen molar-refractivity contribution in [2.24, 2.45) is 0 Å². The fraction of sp³-hybridized carbons (Fsp3) is 0.240. The number of nitrogens with zero attached hydrogens (tertiary/aromatic N) is 4. The van der Waals surface area contributed by atoms with Gasteiger partial charge in [0.25, 0.3) is 11.8 Å². The molecule has 0 spiro atoms. The smallest absolute Gasteiger partial charge is 0.342 e. The van der Waals surface area contributed by atoms with Gasteiger partial charge in [0.05, 0.1) is 23.4 Å². The molecule has 2 aromatic carbocycles.